The normalized spacial score (nSPS) is 10.8. The summed E-state index contributed by atoms with van der Waals surface area (Å²) in [6, 6.07) is 16.9. The lowest BCUT2D eigenvalue weighted by Crippen LogP contribution is -2.17. The van der Waals surface area contributed by atoms with Gasteiger partial charge in [0.25, 0.3) is 11.8 Å². The summed E-state index contributed by atoms with van der Waals surface area (Å²) in [6.07, 6.45) is 1.48. The van der Waals surface area contributed by atoms with E-state index in [9.17, 15) is 9.59 Å². The lowest BCUT2D eigenvalue weighted by molar-refractivity contribution is 0.0993. The number of carbonyl (C=O) groups is 2. The van der Waals surface area contributed by atoms with Crippen LogP contribution in [0.3, 0.4) is 0 Å². The van der Waals surface area contributed by atoms with E-state index in [2.05, 4.69) is 15.3 Å². The molecule has 0 aliphatic heterocycles. The summed E-state index contributed by atoms with van der Waals surface area (Å²) < 4.78 is 1.66. The molecule has 2 heterocycles. The lowest BCUT2D eigenvalue weighted by atomic mass is 10.1. The highest BCUT2D eigenvalue weighted by Crippen LogP contribution is 2.24. The number of benzene rings is 2. The number of hydrogen-bond donors (Lipinski definition) is 2. The number of carbonyl (C=O) groups excluding carboxylic acids is 2. The van der Waals surface area contributed by atoms with Crippen molar-refractivity contribution in [1.29, 1.82) is 0 Å². The zero-order valence-corrected chi connectivity index (χ0v) is 16.0. The van der Waals surface area contributed by atoms with Crippen LogP contribution in [-0.4, -0.2) is 26.2 Å². The summed E-state index contributed by atoms with van der Waals surface area (Å²) in [7, 11) is 0. The second-order valence-corrected chi connectivity index (χ2v) is 6.75. The minimum Gasteiger partial charge on any atom is -0.364 e. The van der Waals surface area contributed by atoms with E-state index in [1.807, 2.05) is 62.4 Å². The molecular formula is C22H19N5O2. The van der Waals surface area contributed by atoms with Crippen molar-refractivity contribution in [1.82, 2.24) is 14.4 Å². The van der Waals surface area contributed by atoms with Gasteiger partial charge in [-0.15, -0.1) is 0 Å². The smallest absolute Gasteiger partial charge is 0.274 e. The molecule has 0 unspecified atom stereocenters. The molecule has 0 fully saturated rings. The molecule has 29 heavy (non-hydrogen) atoms. The van der Waals surface area contributed by atoms with Crippen LogP contribution in [0.15, 0.2) is 60.9 Å². The number of aryl methyl sites for hydroxylation is 1. The predicted molar refractivity (Wildman–Crippen MR) is 111 cm³/mol. The lowest BCUT2D eigenvalue weighted by Gasteiger charge is -2.12. The van der Waals surface area contributed by atoms with Gasteiger partial charge >= 0.3 is 0 Å². The van der Waals surface area contributed by atoms with Crippen LogP contribution in [0.5, 0.6) is 0 Å². The molecule has 0 aliphatic carbocycles. The van der Waals surface area contributed by atoms with Crippen LogP contribution in [0.4, 0.5) is 5.69 Å². The summed E-state index contributed by atoms with van der Waals surface area (Å²) >= 11 is 0. The molecule has 4 aromatic rings. The number of nitrogens with zero attached hydrogens (tertiary/aromatic N) is 3. The summed E-state index contributed by atoms with van der Waals surface area (Å²) in [6.45, 7) is 3.92. The number of hydrogen-bond acceptors (Lipinski definition) is 4. The van der Waals surface area contributed by atoms with Gasteiger partial charge in [0, 0.05) is 5.69 Å². The minimum absolute atomic E-state index is 0.0172. The Morgan fingerprint density at radius 3 is 2.52 bits per heavy atom. The standard InChI is InChI=1S/C22H19N5O2/c1-13-7-6-10-16(14(13)2)26-22(29)17-11-18(15-8-4-3-5-9-15)27-12-24-19(20(23)28)21(27)25-17/h3-12H,1-2H3,(H2,23,28)(H,26,29). The second-order valence-electron chi connectivity index (χ2n) is 6.75. The van der Waals surface area contributed by atoms with Gasteiger partial charge in [0.1, 0.15) is 12.0 Å². The van der Waals surface area contributed by atoms with Crippen molar-refractivity contribution in [2.24, 2.45) is 5.73 Å². The summed E-state index contributed by atoms with van der Waals surface area (Å²) in [5.74, 6) is -1.08. The van der Waals surface area contributed by atoms with E-state index in [1.165, 1.54) is 6.33 Å². The molecule has 0 saturated heterocycles. The molecule has 0 aliphatic rings. The Hall–Kier alpha value is -4.00. The van der Waals surface area contributed by atoms with Gasteiger partial charge in [0.15, 0.2) is 11.3 Å². The number of amides is 2. The van der Waals surface area contributed by atoms with Crippen molar-refractivity contribution in [3.05, 3.63) is 83.4 Å². The van der Waals surface area contributed by atoms with Crippen molar-refractivity contribution in [2.45, 2.75) is 13.8 Å². The van der Waals surface area contributed by atoms with Crippen LogP contribution >= 0.6 is 0 Å². The number of nitrogens with one attached hydrogen (secondary N) is 1. The number of primary amides is 1. The highest BCUT2D eigenvalue weighted by molar-refractivity contribution is 6.05. The highest BCUT2D eigenvalue weighted by atomic mass is 16.2. The molecule has 0 radical (unpaired) electrons. The number of aromatic nitrogens is 3. The second kappa shape index (κ2) is 7.20. The SMILES string of the molecule is Cc1cccc(NC(=O)c2cc(-c3ccccc3)n3cnc(C(N)=O)c3n2)c1C. The number of fused-ring (bicyclic) bond motifs is 1. The first-order valence-corrected chi connectivity index (χ1v) is 9.06. The largest absolute Gasteiger partial charge is 0.364 e. The van der Waals surface area contributed by atoms with E-state index < -0.39 is 5.91 Å². The first-order chi connectivity index (χ1) is 14.0. The molecule has 4 rings (SSSR count). The molecule has 144 valence electrons. The van der Waals surface area contributed by atoms with Crippen molar-refractivity contribution in [2.75, 3.05) is 5.32 Å². The first kappa shape index (κ1) is 18.4. The predicted octanol–water partition coefficient (Wildman–Crippen LogP) is 3.36. The Morgan fingerprint density at radius 1 is 1.03 bits per heavy atom. The number of nitrogens with two attached hydrogens (primary N) is 1. The van der Waals surface area contributed by atoms with Gasteiger partial charge in [0.2, 0.25) is 0 Å². The molecule has 2 amide bonds. The molecule has 2 aromatic heterocycles. The number of rotatable bonds is 4. The van der Waals surface area contributed by atoms with Crippen molar-refractivity contribution in [3.8, 4) is 11.3 Å². The van der Waals surface area contributed by atoms with Crippen molar-refractivity contribution in [3.63, 3.8) is 0 Å². The third kappa shape index (κ3) is 3.34. The minimum atomic E-state index is -0.703. The first-order valence-electron chi connectivity index (χ1n) is 9.06. The van der Waals surface area contributed by atoms with Crippen molar-refractivity contribution >= 4 is 23.1 Å². The fraction of sp³-hybridized carbons (Fsp3) is 0.0909. The maximum Gasteiger partial charge on any atom is 0.274 e. The molecule has 7 heteroatoms. The van der Waals surface area contributed by atoms with Crippen LogP contribution < -0.4 is 11.1 Å². The topological polar surface area (TPSA) is 102 Å². The van der Waals surface area contributed by atoms with Gasteiger partial charge in [-0.3, -0.25) is 14.0 Å². The van der Waals surface area contributed by atoms with Gasteiger partial charge in [0.05, 0.1) is 5.69 Å². The molecule has 2 aromatic carbocycles. The van der Waals surface area contributed by atoms with E-state index in [0.29, 0.717) is 11.4 Å². The summed E-state index contributed by atoms with van der Waals surface area (Å²) in [5, 5.41) is 2.90. The average molecular weight is 385 g/mol. The molecule has 0 saturated carbocycles. The zero-order chi connectivity index (χ0) is 20.5. The molecule has 0 atom stereocenters. The van der Waals surface area contributed by atoms with Gasteiger partial charge < -0.3 is 11.1 Å². The van der Waals surface area contributed by atoms with Gasteiger partial charge in [-0.1, -0.05) is 42.5 Å². The van der Waals surface area contributed by atoms with Gasteiger partial charge in [-0.05, 0) is 42.7 Å². The molecule has 3 N–H and O–H groups in total. The van der Waals surface area contributed by atoms with E-state index >= 15 is 0 Å². The Bertz CT molecular complexity index is 1250. The van der Waals surface area contributed by atoms with Crippen LogP contribution in [-0.2, 0) is 0 Å². The van der Waals surface area contributed by atoms with Crippen LogP contribution in [0.25, 0.3) is 16.9 Å². The monoisotopic (exact) mass is 385 g/mol. The van der Waals surface area contributed by atoms with Gasteiger partial charge in [-0.2, -0.15) is 0 Å². The fourth-order valence-corrected chi connectivity index (χ4v) is 3.16. The van der Waals surface area contributed by atoms with Gasteiger partial charge in [-0.25, -0.2) is 9.97 Å². The Morgan fingerprint density at radius 2 is 1.79 bits per heavy atom. The van der Waals surface area contributed by atoms with E-state index in [1.54, 1.807) is 10.5 Å². The highest BCUT2D eigenvalue weighted by Gasteiger charge is 2.19. The molecule has 0 spiro atoms. The maximum absolute atomic E-state index is 13.0. The Labute approximate surface area is 167 Å². The Kier molecular flexibility index (Phi) is 4.56. The molecule has 7 nitrogen and oxygen atoms in total. The number of imidazole rings is 1. The van der Waals surface area contributed by atoms with Crippen molar-refractivity contribution < 1.29 is 9.59 Å². The third-order valence-electron chi connectivity index (χ3n) is 4.89. The summed E-state index contributed by atoms with van der Waals surface area (Å²) in [4.78, 5) is 33.2. The summed E-state index contributed by atoms with van der Waals surface area (Å²) in [5.41, 5.74) is 10.2. The zero-order valence-electron chi connectivity index (χ0n) is 16.0. The number of anilines is 1. The average Bonchev–Trinajstić information content (AvgIpc) is 3.15. The van der Waals surface area contributed by atoms with Crippen LogP contribution in [0, 0.1) is 13.8 Å². The Balaban J connectivity index is 1.86. The van der Waals surface area contributed by atoms with Crippen LogP contribution in [0.1, 0.15) is 32.1 Å². The maximum atomic E-state index is 13.0. The van der Waals surface area contributed by atoms with E-state index in [0.717, 1.165) is 16.7 Å². The van der Waals surface area contributed by atoms with E-state index in [-0.39, 0.29) is 22.9 Å². The fourth-order valence-electron chi connectivity index (χ4n) is 3.16. The third-order valence-corrected chi connectivity index (χ3v) is 4.89. The molecule has 0 bridgehead atoms. The quantitative estimate of drug-likeness (QED) is 0.562. The molecular weight excluding hydrogens is 366 g/mol. The van der Waals surface area contributed by atoms with E-state index in [4.69, 9.17) is 5.73 Å². The van der Waals surface area contributed by atoms with Crippen LogP contribution in [0.2, 0.25) is 0 Å².